The van der Waals surface area contributed by atoms with Crippen LogP contribution in [0.5, 0.6) is 5.75 Å². The molecule has 0 bridgehead atoms. The fourth-order valence-electron chi connectivity index (χ4n) is 1.87. The Hall–Kier alpha value is -2.04. The molecule has 0 aliphatic carbocycles. The second kappa shape index (κ2) is 6.81. The highest BCUT2D eigenvalue weighted by atomic mass is 35.5. The zero-order valence-corrected chi connectivity index (χ0v) is 13.0. The highest BCUT2D eigenvalue weighted by Gasteiger charge is 2.08. The van der Waals surface area contributed by atoms with Crippen molar-refractivity contribution >= 4 is 23.2 Å². The molecule has 0 N–H and O–H groups in total. The van der Waals surface area contributed by atoms with Crippen LogP contribution in [0.25, 0.3) is 11.5 Å². The molecule has 0 aliphatic rings. The fraction of sp³-hybridized carbons (Fsp3) is 0.125. The van der Waals surface area contributed by atoms with E-state index >= 15 is 0 Å². The Morgan fingerprint density at radius 3 is 2.55 bits per heavy atom. The van der Waals surface area contributed by atoms with Crippen LogP contribution in [-0.2, 0) is 6.42 Å². The molecule has 0 radical (unpaired) electrons. The van der Waals surface area contributed by atoms with Crippen molar-refractivity contribution in [3.05, 3.63) is 64.5 Å². The van der Waals surface area contributed by atoms with E-state index in [2.05, 4.69) is 10.2 Å². The predicted molar refractivity (Wildman–Crippen MR) is 85.4 cm³/mol. The highest BCUT2D eigenvalue weighted by molar-refractivity contribution is 6.42. The average Bonchev–Trinajstić information content (AvgIpc) is 3.01. The summed E-state index contributed by atoms with van der Waals surface area (Å²) in [7, 11) is 0. The molecule has 0 spiro atoms. The molecule has 0 unspecified atom stereocenters. The van der Waals surface area contributed by atoms with Gasteiger partial charge in [-0.3, -0.25) is 0 Å². The molecule has 4 nitrogen and oxygen atoms in total. The largest absolute Gasteiger partial charge is 0.493 e. The van der Waals surface area contributed by atoms with Crippen LogP contribution in [0.3, 0.4) is 0 Å². The van der Waals surface area contributed by atoms with Crippen molar-refractivity contribution in [3.63, 3.8) is 0 Å². The zero-order chi connectivity index (χ0) is 15.4. The van der Waals surface area contributed by atoms with Crippen LogP contribution in [0.4, 0.5) is 0 Å². The van der Waals surface area contributed by atoms with Crippen molar-refractivity contribution in [2.75, 3.05) is 6.61 Å². The first kappa shape index (κ1) is 14.9. The molecule has 2 aromatic carbocycles. The smallest absolute Gasteiger partial charge is 0.247 e. The van der Waals surface area contributed by atoms with E-state index < -0.39 is 0 Å². The Kier molecular flexibility index (Phi) is 4.61. The van der Waals surface area contributed by atoms with E-state index in [4.69, 9.17) is 32.4 Å². The van der Waals surface area contributed by atoms with Gasteiger partial charge in [-0.25, -0.2) is 0 Å². The highest BCUT2D eigenvalue weighted by Crippen LogP contribution is 2.26. The summed E-state index contributed by atoms with van der Waals surface area (Å²) in [6.45, 7) is 0.411. The minimum Gasteiger partial charge on any atom is -0.493 e. The molecule has 0 atom stereocenters. The molecule has 0 saturated heterocycles. The van der Waals surface area contributed by atoms with Gasteiger partial charge in [-0.1, -0.05) is 41.4 Å². The van der Waals surface area contributed by atoms with Gasteiger partial charge in [0, 0.05) is 11.6 Å². The van der Waals surface area contributed by atoms with Crippen molar-refractivity contribution in [2.45, 2.75) is 6.42 Å². The second-order valence-electron chi connectivity index (χ2n) is 4.54. The van der Waals surface area contributed by atoms with Gasteiger partial charge in [0.15, 0.2) is 0 Å². The maximum absolute atomic E-state index is 5.93. The topological polar surface area (TPSA) is 48.2 Å². The minimum atomic E-state index is 0.411. The Bertz CT molecular complexity index is 760. The third-order valence-electron chi connectivity index (χ3n) is 2.96. The number of aromatic nitrogens is 2. The lowest BCUT2D eigenvalue weighted by molar-refractivity contribution is 0.307. The normalized spacial score (nSPS) is 10.6. The average molecular weight is 335 g/mol. The third kappa shape index (κ3) is 3.59. The zero-order valence-electron chi connectivity index (χ0n) is 11.5. The van der Waals surface area contributed by atoms with E-state index in [0.29, 0.717) is 40.6 Å². The number of halogens is 2. The van der Waals surface area contributed by atoms with Crippen molar-refractivity contribution in [3.8, 4) is 17.2 Å². The summed E-state index contributed by atoms with van der Waals surface area (Å²) in [5.41, 5.74) is 0.895. The van der Waals surface area contributed by atoms with Crippen LogP contribution in [0.2, 0.25) is 10.0 Å². The Balaban J connectivity index is 1.58. The summed E-state index contributed by atoms with van der Waals surface area (Å²) in [5, 5.41) is 9.00. The molecule has 22 heavy (non-hydrogen) atoms. The van der Waals surface area contributed by atoms with Crippen molar-refractivity contribution in [1.29, 1.82) is 0 Å². The van der Waals surface area contributed by atoms with Crippen LogP contribution >= 0.6 is 23.2 Å². The third-order valence-corrected chi connectivity index (χ3v) is 3.70. The van der Waals surface area contributed by atoms with Gasteiger partial charge in [-0.2, -0.15) is 0 Å². The first-order valence-corrected chi connectivity index (χ1v) is 7.43. The summed E-state index contributed by atoms with van der Waals surface area (Å²) in [6, 6.07) is 14.8. The molecule has 0 fully saturated rings. The van der Waals surface area contributed by atoms with Crippen LogP contribution in [0, 0.1) is 0 Å². The van der Waals surface area contributed by atoms with Gasteiger partial charge in [0.1, 0.15) is 5.75 Å². The standard InChI is InChI=1S/C16H12Cl2N2O2/c17-13-7-6-12(10-14(13)18)21-9-8-15-19-20-16(22-15)11-4-2-1-3-5-11/h1-7,10H,8-9H2. The lowest BCUT2D eigenvalue weighted by atomic mass is 10.2. The first-order valence-electron chi connectivity index (χ1n) is 6.68. The van der Waals surface area contributed by atoms with Gasteiger partial charge in [0.2, 0.25) is 11.8 Å². The number of benzene rings is 2. The van der Waals surface area contributed by atoms with Gasteiger partial charge in [0.25, 0.3) is 0 Å². The molecular formula is C16H12Cl2N2O2. The van der Waals surface area contributed by atoms with E-state index in [0.717, 1.165) is 5.56 Å². The Morgan fingerprint density at radius 1 is 0.955 bits per heavy atom. The fourth-order valence-corrected chi connectivity index (χ4v) is 2.16. The minimum absolute atomic E-state index is 0.411. The van der Waals surface area contributed by atoms with Gasteiger partial charge in [0.05, 0.1) is 23.1 Å². The quantitative estimate of drug-likeness (QED) is 0.680. The molecule has 1 aromatic heterocycles. The first-order chi connectivity index (χ1) is 10.7. The van der Waals surface area contributed by atoms with E-state index in [1.54, 1.807) is 18.2 Å². The second-order valence-corrected chi connectivity index (χ2v) is 5.36. The molecule has 3 aromatic rings. The summed E-state index contributed by atoms with van der Waals surface area (Å²) in [5.74, 6) is 1.68. The molecular weight excluding hydrogens is 323 g/mol. The lowest BCUT2D eigenvalue weighted by Crippen LogP contribution is -2.01. The van der Waals surface area contributed by atoms with Crippen LogP contribution in [0.15, 0.2) is 52.9 Å². The van der Waals surface area contributed by atoms with E-state index in [9.17, 15) is 0 Å². The van der Waals surface area contributed by atoms with Crippen LogP contribution < -0.4 is 4.74 Å². The SMILES string of the molecule is Clc1ccc(OCCc2nnc(-c3ccccc3)o2)cc1Cl. The van der Waals surface area contributed by atoms with Crippen LogP contribution in [0.1, 0.15) is 5.89 Å². The summed E-state index contributed by atoms with van der Waals surface area (Å²) in [6.07, 6.45) is 0.514. The Morgan fingerprint density at radius 2 is 1.77 bits per heavy atom. The Labute approximate surface area is 137 Å². The molecule has 6 heteroatoms. The summed E-state index contributed by atoms with van der Waals surface area (Å²) >= 11 is 11.8. The van der Waals surface area contributed by atoms with Gasteiger partial charge in [-0.15, -0.1) is 10.2 Å². The molecule has 1 heterocycles. The van der Waals surface area contributed by atoms with Crippen molar-refractivity contribution in [1.82, 2.24) is 10.2 Å². The number of rotatable bonds is 5. The van der Waals surface area contributed by atoms with Gasteiger partial charge in [-0.05, 0) is 24.3 Å². The number of ether oxygens (including phenoxy) is 1. The molecule has 0 saturated carbocycles. The van der Waals surface area contributed by atoms with E-state index in [1.165, 1.54) is 0 Å². The monoisotopic (exact) mass is 334 g/mol. The van der Waals surface area contributed by atoms with Gasteiger partial charge >= 0.3 is 0 Å². The summed E-state index contributed by atoms with van der Waals surface area (Å²) in [4.78, 5) is 0. The maximum atomic E-state index is 5.93. The molecule has 0 amide bonds. The molecule has 112 valence electrons. The predicted octanol–water partition coefficient (Wildman–Crippen LogP) is 4.66. The number of hydrogen-bond donors (Lipinski definition) is 0. The molecule has 3 rings (SSSR count). The van der Waals surface area contributed by atoms with E-state index in [1.807, 2.05) is 30.3 Å². The number of nitrogens with zero attached hydrogens (tertiary/aromatic N) is 2. The molecule has 0 aliphatic heterocycles. The maximum Gasteiger partial charge on any atom is 0.247 e. The summed E-state index contributed by atoms with van der Waals surface area (Å²) < 4.78 is 11.2. The van der Waals surface area contributed by atoms with Crippen LogP contribution in [-0.4, -0.2) is 16.8 Å². The van der Waals surface area contributed by atoms with Crippen molar-refractivity contribution in [2.24, 2.45) is 0 Å². The van der Waals surface area contributed by atoms with Gasteiger partial charge < -0.3 is 9.15 Å². The van der Waals surface area contributed by atoms with Crippen molar-refractivity contribution < 1.29 is 9.15 Å². The van der Waals surface area contributed by atoms with E-state index in [-0.39, 0.29) is 0 Å². The number of hydrogen-bond acceptors (Lipinski definition) is 4. The lowest BCUT2D eigenvalue weighted by Gasteiger charge is -2.05.